The van der Waals surface area contributed by atoms with Crippen LogP contribution in [-0.4, -0.2) is 30.6 Å². The van der Waals surface area contributed by atoms with Gasteiger partial charge in [-0.3, -0.25) is 0 Å². The van der Waals surface area contributed by atoms with Crippen molar-refractivity contribution in [2.24, 2.45) is 0 Å². The van der Waals surface area contributed by atoms with Gasteiger partial charge in [0.15, 0.2) is 9.84 Å². The SMILES string of the molecule is O=S1(=O)CC(CCBr)=C(CCBr)C1. The molecule has 0 N–H and O–H groups in total. The molecule has 0 amide bonds. The summed E-state index contributed by atoms with van der Waals surface area (Å²) in [7, 11) is -2.80. The summed E-state index contributed by atoms with van der Waals surface area (Å²) in [6.45, 7) is 0. The maximum absolute atomic E-state index is 11.3. The Morgan fingerprint density at radius 2 is 1.38 bits per heavy atom. The summed E-state index contributed by atoms with van der Waals surface area (Å²) >= 11 is 6.67. The third kappa shape index (κ3) is 3.36. The minimum absolute atomic E-state index is 0.279. The quantitative estimate of drug-likeness (QED) is 0.585. The Balaban J connectivity index is 2.76. The van der Waals surface area contributed by atoms with Crippen LogP contribution in [0.2, 0.25) is 0 Å². The van der Waals surface area contributed by atoms with Crippen LogP contribution in [0.15, 0.2) is 11.1 Å². The van der Waals surface area contributed by atoms with Gasteiger partial charge in [-0.1, -0.05) is 43.0 Å². The molecule has 1 aliphatic heterocycles. The molecular formula is C8H12Br2O2S. The molecule has 0 radical (unpaired) electrons. The zero-order chi connectivity index (χ0) is 9.90. The largest absolute Gasteiger partial charge is 0.228 e. The van der Waals surface area contributed by atoms with E-state index in [1.165, 1.54) is 0 Å². The van der Waals surface area contributed by atoms with E-state index in [-0.39, 0.29) is 11.5 Å². The van der Waals surface area contributed by atoms with Crippen LogP contribution in [-0.2, 0) is 9.84 Å². The molecule has 1 aliphatic rings. The Morgan fingerprint density at radius 3 is 1.69 bits per heavy atom. The van der Waals surface area contributed by atoms with E-state index in [9.17, 15) is 8.42 Å². The fourth-order valence-electron chi connectivity index (χ4n) is 1.51. The Hall–Kier alpha value is 0.650. The first kappa shape index (κ1) is 11.7. The molecular weight excluding hydrogens is 320 g/mol. The van der Waals surface area contributed by atoms with Gasteiger partial charge in [-0.15, -0.1) is 0 Å². The van der Waals surface area contributed by atoms with Crippen LogP contribution in [0.25, 0.3) is 0 Å². The molecule has 76 valence electrons. The van der Waals surface area contributed by atoms with E-state index < -0.39 is 9.84 Å². The van der Waals surface area contributed by atoms with Gasteiger partial charge in [0, 0.05) is 10.7 Å². The van der Waals surface area contributed by atoms with Crippen molar-refractivity contribution in [1.29, 1.82) is 0 Å². The summed E-state index contributed by atoms with van der Waals surface area (Å²) in [5, 5.41) is 1.70. The molecule has 0 aromatic rings. The van der Waals surface area contributed by atoms with Crippen molar-refractivity contribution in [1.82, 2.24) is 0 Å². The normalized spacial score (nSPS) is 21.1. The lowest BCUT2D eigenvalue weighted by molar-refractivity contribution is 0.602. The number of alkyl halides is 2. The maximum Gasteiger partial charge on any atom is 0.157 e. The van der Waals surface area contributed by atoms with Gasteiger partial charge in [0.2, 0.25) is 0 Å². The first-order chi connectivity index (χ1) is 6.09. The Kier molecular flexibility index (Phi) is 4.45. The van der Waals surface area contributed by atoms with Gasteiger partial charge in [0.1, 0.15) is 0 Å². The predicted molar refractivity (Wildman–Crippen MR) is 62.5 cm³/mol. The highest BCUT2D eigenvalue weighted by atomic mass is 79.9. The van der Waals surface area contributed by atoms with Crippen molar-refractivity contribution < 1.29 is 8.42 Å². The molecule has 0 bridgehead atoms. The topological polar surface area (TPSA) is 34.1 Å². The third-order valence-corrected chi connectivity index (χ3v) is 4.45. The molecule has 0 aliphatic carbocycles. The summed E-state index contributed by atoms with van der Waals surface area (Å²) in [6.07, 6.45) is 1.73. The van der Waals surface area contributed by atoms with Gasteiger partial charge in [-0.25, -0.2) is 8.42 Å². The minimum atomic E-state index is -2.80. The zero-order valence-electron chi connectivity index (χ0n) is 7.22. The standard InChI is InChI=1S/C8H12Br2O2S/c9-3-1-7-5-13(11,12)6-8(7)2-4-10/h1-6H2. The second-order valence-electron chi connectivity index (χ2n) is 3.12. The van der Waals surface area contributed by atoms with Crippen molar-refractivity contribution in [2.75, 3.05) is 22.2 Å². The van der Waals surface area contributed by atoms with Gasteiger partial charge in [-0.05, 0) is 12.8 Å². The van der Waals surface area contributed by atoms with Gasteiger partial charge in [0.05, 0.1) is 11.5 Å². The highest BCUT2D eigenvalue weighted by Gasteiger charge is 2.25. The van der Waals surface area contributed by atoms with Crippen LogP contribution in [0.1, 0.15) is 12.8 Å². The fourth-order valence-corrected chi connectivity index (χ4v) is 4.33. The van der Waals surface area contributed by atoms with Gasteiger partial charge in [0.25, 0.3) is 0 Å². The molecule has 2 nitrogen and oxygen atoms in total. The van der Waals surface area contributed by atoms with Gasteiger partial charge in [-0.2, -0.15) is 0 Å². The molecule has 0 unspecified atom stereocenters. The van der Waals surface area contributed by atoms with Gasteiger partial charge < -0.3 is 0 Å². The second-order valence-corrected chi connectivity index (χ2v) is 6.77. The molecule has 0 saturated heterocycles. The number of sulfone groups is 1. The highest BCUT2D eigenvalue weighted by Crippen LogP contribution is 2.25. The number of rotatable bonds is 4. The van der Waals surface area contributed by atoms with Gasteiger partial charge >= 0.3 is 0 Å². The van der Waals surface area contributed by atoms with Crippen LogP contribution >= 0.6 is 31.9 Å². The smallest absolute Gasteiger partial charge is 0.157 e. The maximum atomic E-state index is 11.3. The molecule has 5 heteroatoms. The molecule has 0 spiro atoms. The monoisotopic (exact) mass is 330 g/mol. The molecule has 0 aromatic carbocycles. The first-order valence-electron chi connectivity index (χ1n) is 4.11. The van der Waals surface area contributed by atoms with E-state index >= 15 is 0 Å². The lowest BCUT2D eigenvalue weighted by Gasteiger charge is -2.00. The summed E-state index contributed by atoms with van der Waals surface area (Å²) in [5.41, 5.74) is 2.24. The van der Waals surface area contributed by atoms with E-state index in [0.29, 0.717) is 0 Å². The number of hydrogen-bond acceptors (Lipinski definition) is 2. The Labute approximate surface area is 96.0 Å². The summed E-state index contributed by atoms with van der Waals surface area (Å²) in [5.74, 6) is 0.557. The molecule has 0 aromatic heterocycles. The fraction of sp³-hybridized carbons (Fsp3) is 0.750. The van der Waals surface area contributed by atoms with Crippen molar-refractivity contribution >= 4 is 41.7 Å². The van der Waals surface area contributed by atoms with Crippen LogP contribution in [0.5, 0.6) is 0 Å². The Bertz CT molecular complexity index is 282. The van der Waals surface area contributed by atoms with Crippen molar-refractivity contribution in [3.8, 4) is 0 Å². The number of halogens is 2. The molecule has 13 heavy (non-hydrogen) atoms. The first-order valence-corrected chi connectivity index (χ1v) is 8.17. The third-order valence-electron chi connectivity index (χ3n) is 2.08. The van der Waals surface area contributed by atoms with E-state index in [1.807, 2.05) is 0 Å². The average Bonchev–Trinajstić information content (AvgIpc) is 2.28. The predicted octanol–water partition coefficient (Wildman–Crippen LogP) is 2.28. The highest BCUT2D eigenvalue weighted by molar-refractivity contribution is 9.09. The van der Waals surface area contributed by atoms with Crippen LogP contribution in [0, 0.1) is 0 Å². The summed E-state index contributed by atoms with van der Waals surface area (Å²) in [6, 6.07) is 0. The average molecular weight is 332 g/mol. The molecule has 0 fully saturated rings. The van der Waals surface area contributed by atoms with E-state index in [2.05, 4.69) is 31.9 Å². The van der Waals surface area contributed by atoms with E-state index in [1.54, 1.807) is 0 Å². The molecule has 1 rings (SSSR count). The van der Waals surface area contributed by atoms with Crippen molar-refractivity contribution in [3.05, 3.63) is 11.1 Å². The number of hydrogen-bond donors (Lipinski definition) is 0. The molecule has 1 heterocycles. The molecule has 0 atom stereocenters. The summed E-state index contributed by atoms with van der Waals surface area (Å²) in [4.78, 5) is 0. The zero-order valence-corrected chi connectivity index (χ0v) is 11.2. The van der Waals surface area contributed by atoms with Crippen LogP contribution in [0.3, 0.4) is 0 Å². The van der Waals surface area contributed by atoms with Crippen molar-refractivity contribution in [2.45, 2.75) is 12.8 Å². The minimum Gasteiger partial charge on any atom is -0.228 e. The summed E-state index contributed by atoms with van der Waals surface area (Å²) < 4.78 is 22.7. The molecule has 0 saturated carbocycles. The Morgan fingerprint density at radius 1 is 1.00 bits per heavy atom. The van der Waals surface area contributed by atoms with Crippen LogP contribution < -0.4 is 0 Å². The lowest BCUT2D eigenvalue weighted by Crippen LogP contribution is -2.03. The van der Waals surface area contributed by atoms with E-state index in [0.717, 1.165) is 34.6 Å². The van der Waals surface area contributed by atoms with E-state index in [4.69, 9.17) is 0 Å². The van der Waals surface area contributed by atoms with Crippen molar-refractivity contribution in [3.63, 3.8) is 0 Å². The van der Waals surface area contributed by atoms with Crippen LogP contribution in [0.4, 0.5) is 0 Å². The lowest BCUT2D eigenvalue weighted by atomic mass is 10.1. The second kappa shape index (κ2) is 4.94.